The number of nitrogens with two attached hydrogens (primary N) is 1. The number of benzene rings is 2. The molecule has 0 radical (unpaired) electrons. The first-order valence-electron chi connectivity index (χ1n) is 7.14. The van der Waals surface area contributed by atoms with Crippen LogP contribution < -0.4 is 11.3 Å². The second kappa shape index (κ2) is 7.85. The number of nitrogen functional groups attached to an aromatic ring is 1. The fraction of sp³-hybridized carbons (Fsp3) is 0.0625. The third-order valence-electron chi connectivity index (χ3n) is 3.12. The maximum Gasteiger partial charge on any atom is 0.264 e. The monoisotopic (exact) mass is 358 g/mol. The minimum atomic E-state index is 0.376. The molecule has 3 N–H and O–H groups in total. The largest absolute Gasteiger partial charge is 0.334 e. The van der Waals surface area contributed by atoms with Crippen LogP contribution in [0.5, 0.6) is 0 Å². The van der Waals surface area contributed by atoms with Crippen LogP contribution >= 0.6 is 23.4 Å². The van der Waals surface area contributed by atoms with E-state index in [1.54, 1.807) is 6.21 Å². The lowest BCUT2D eigenvalue weighted by molar-refractivity contribution is 0.847. The summed E-state index contributed by atoms with van der Waals surface area (Å²) in [5.74, 6) is 7.08. The van der Waals surface area contributed by atoms with Crippen molar-refractivity contribution < 1.29 is 0 Å². The van der Waals surface area contributed by atoms with E-state index in [0.717, 1.165) is 16.9 Å². The Morgan fingerprint density at radius 2 is 1.88 bits per heavy atom. The quantitative estimate of drug-likeness (QED) is 0.305. The van der Waals surface area contributed by atoms with Crippen molar-refractivity contribution in [3.8, 4) is 0 Å². The molecule has 122 valence electrons. The standard InChI is InChI=1S/C16H15ClN6S/c17-14-8-6-13(7-9-14)11-24-16-22-21-15(23(16)18)20-19-10-12-4-2-1-3-5-12/h1-10H,11,18H2,(H,20,21)/b19-10+. The Morgan fingerprint density at radius 1 is 1.12 bits per heavy atom. The van der Waals surface area contributed by atoms with Gasteiger partial charge in [0.1, 0.15) is 0 Å². The van der Waals surface area contributed by atoms with Gasteiger partial charge in [-0.25, -0.2) is 10.1 Å². The molecule has 0 unspecified atom stereocenters. The molecule has 1 heterocycles. The van der Waals surface area contributed by atoms with Crippen molar-refractivity contribution in [1.82, 2.24) is 14.9 Å². The van der Waals surface area contributed by atoms with Gasteiger partial charge in [-0.3, -0.25) is 0 Å². The zero-order valence-corrected chi connectivity index (χ0v) is 14.2. The van der Waals surface area contributed by atoms with E-state index >= 15 is 0 Å². The third kappa shape index (κ3) is 4.27. The Bertz CT molecular complexity index is 816. The molecule has 3 rings (SSSR count). The van der Waals surface area contributed by atoms with Gasteiger partial charge in [-0.1, -0.05) is 65.8 Å². The predicted molar refractivity (Wildman–Crippen MR) is 98.8 cm³/mol. The first kappa shape index (κ1) is 16.4. The highest BCUT2D eigenvalue weighted by molar-refractivity contribution is 7.98. The highest BCUT2D eigenvalue weighted by atomic mass is 35.5. The van der Waals surface area contributed by atoms with Gasteiger partial charge in [-0.15, -0.1) is 10.2 Å². The molecule has 8 heteroatoms. The molecule has 0 saturated heterocycles. The van der Waals surface area contributed by atoms with Crippen LogP contribution in [0.15, 0.2) is 64.9 Å². The highest BCUT2D eigenvalue weighted by Gasteiger charge is 2.09. The number of halogens is 1. The summed E-state index contributed by atoms with van der Waals surface area (Å²) < 4.78 is 1.38. The van der Waals surface area contributed by atoms with E-state index in [9.17, 15) is 0 Å². The van der Waals surface area contributed by atoms with Crippen molar-refractivity contribution in [3.63, 3.8) is 0 Å². The average Bonchev–Trinajstić information content (AvgIpc) is 2.96. The summed E-state index contributed by atoms with van der Waals surface area (Å²) in [4.78, 5) is 0. The lowest BCUT2D eigenvalue weighted by Gasteiger charge is -2.03. The van der Waals surface area contributed by atoms with Gasteiger partial charge in [-0.2, -0.15) is 5.10 Å². The van der Waals surface area contributed by atoms with E-state index in [1.165, 1.54) is 16.4 Å². The number of nitrogens with zero attached hydrogens (tertiary/aromatic N) is 4. The molecular weight excluding hydrogens is 344 g/mol. The van der Waals surface area contributed by atoms with Crippen LogP contribution in [-0.4, -0.2) is 21.1 Å². The fourth-order valence-electron chi connectivity index (χ4n) is 1.88. The van der Waals surface area contributed by atoms with Gasteiger partial charge in [0.25, 0.3) is 5.95 Å². The minimum absolute atomic E-state index is 0.376. The van der Waals surface area contributed by atoms with Crippen LogP contribution in [0.1, 0.15) is 11.1 Å². The van der Waals surface area contributed by atoms with Crippen LogP contribution in [0.4, 0.5) is 5.95 Å². The average molecular weight is 359 g/mol. The Kier molecular flexibility index (Phi) is 5.35. The zero-order valence-electron chi connectivity index (χ0n) is 12.6. The highest BCUT2D eigenvalue weighted by Crippen LogP contribution is 2.22. The first-order valence-corrected chi connectivity index (χ1v) is 8.50. The number of thioether (sulfide) groups is 1. The topological polar surface area (TPSA) is 81.1 Å². The lowest BCUT2D eigenvalue weighted by atomic mass is 10.2. The van der Waals surface area contributed by atoms with Crippen LogP contribution in [-0.2, 0) is 5.75 Å². The van der Waals surface area contributed by atoms with E-state index in [0.29, 0.717) is 16.1 Å². The number of rotatable bonds is 6. The first-order chi connectivity index (χ1) is 11.7. The summed E-state index contributed by atoms with van der Waals surface area (Å²) in [6.45, 7) is 0. The molecule has 0 spiro atoms. The second-order valence-corrected chi connectivity index (χ2v) is 6.25. The van der Waals surface area contributed by atoms with E-state index in [2.05, 4.69) is 20.7 Å². The van der Waals surface area contributed by atoms with Gasteiger partial charge in [0.15, 0.2) is 0 Å². The predicted octanol–water partition coefficient (Wildman–Crippen LogP) is 3.38. The summed E-state index contributed by atoms with van der Waals surface area (Å²) in [6, 6.07) is 17.4. The van der Waals surface area contributed by atoms with E-state index in [1.807, 2.05) is 54.6 Å². The van der Waals surface area contributed by atoms with Crippen molar-refractivity contribution in [3.05, 3.63) is 70.7 Å². The number of aromatic nitrogens is 3. The number of hydrogen-bond donors (Lipinski definition) is 2. The van der Waals surface area contributed by atoms with Gasteiger partial charge in [-0.05, 0) is 23.3 Å². The SMILES string of the molecule is Nn1c(N/N=C/c2ccccc2)nnc1SCc1ccc(Cl)cc1. The molecular formula is C16H15ClN6S. The summed E-state index contributed by atoms with van der Waals surface area (Å²) >= 11 is 7.36. The minimum Gasteiger partial charge on any atom is -0.334 e. The molecule has 0 atom stereocenters. The van der Waals surface area contributed by atoms with Crippen molar-refractivity contribution in [1.29, 1.82) is 0 Å². The zero-order chi connectivity index (χ0) is 16.8. The van der Waals surface area contributed by atoms with Gasteiger partial charge in [0.2, 0.25) is 5.16 Å². The Labute approximate surface area is 148 Å². The molecule has 0 fully saturated rings. The summed E-state index contributed by atoms with van der Waals surface area (Å²) in [7, 11) is 0. The number of hydrazone groups is 1. The normalized spacial score (nSPS) is 11.0. The number of anilines is 1. The molecule has 0 aliphatic heterocycles. The fourth-order valence-corrected chi connectivity index (χ4v) is 2.82. The molecule has 0 amide bonds. The van der Waals surface area contributed by atoms with Gasteiger partial charge < -0.3 is 5.84 Å². The number of hydrogen-bond acceptors (Lipinski definition) is 6. The summed E-state index contributed by atoms with van der Waals surface area (Å²) in [5.41, 5.74) is 4.90. The molecule has 0 aliphatic carbocycles. The van der Waals surface area contributed by atoms with E-state index < -0.39 is 0 Å². The summed E-state index contributed by atoms with van der Waals surface area (Å²) in [6.07, 6.45) is 1.69. The van der Waals surface area contributed by atoms with Gasteiger partial charge in [0, 0.05) is 10.8 Å². The molecule has 0 bridgehead atoms. The third-order valence-corrected chi connectivity index (χ3v) is 4.39. The van der Waals surface area contributed by atoms with Crippen LogP contribution in [0.2, 0.25) is 5.02 Å². The summed E-state index contributed by atoms with van der Waals surface area (Å²) in [5, 5.41) is 13.5. The molecule has 6 nitrogen and oxygen atoms in total. The maximum absolute atomic E-state index is 5.98. The van der Waals surface area contributed by atoms with E-state index in [-0.39, 0.29) is 0 Å². The van der Waals surface area contributed by atoms with Crippen molar-refractivity contribution in [2.24, 2.45) is 5.10 Å². The molecule has 1 aromatic heterocycles. The second-order valence-electron chi connectivity index (χ2n) is 4.87. The van der Waals surface area contributed by atoms with Crippen LogP contribution in [0.3, 0.4) is 0 Å². The van der Waals surface area contributed by atoms with Crippen molar-refractivity contribution >= 4 is 35.5 Å². The molecule has 0 aliphatic rings. The van der Waals surface area contributed by atoms with Crippen LogP contribution in [0, 0.1) is 0 Å². The van der Waals surface area contributed by atoms with Crippen LogP contribution in [0.25, 0.3) is 0 Å². The maximum atomic E-state index is 5.98. The Hall–Kier alpha value is -2.51. The Balaban J connectivity index is 1.59. The Morgan fingerprint density at radius 3 is 2.62 bits per heavy atom. The molecule has 0 saturated carbocycles. The van der Waals surface area contributed by atoms with Gasteiger partial charge >= 0.3 is 0 Å². The molecule has 2 aromatic carbocycles. The molecule has 24 heavy (non-hydrogen) atoms. The van der Waals surface area contributed by atoms with E-state index in [4.69, 9.17) is 17.4 Å². The smallest absolute Gasteiger partial charge is 0.264 e. The lowest BCUT2D eigenvalue weighted by Crippen LogP contribution is -2.13. The number of nitrogens with one attached hydrogen (secondary N) is 1. The van der Waals surface area contributed by atoms with Crippen molar-refractivity contribution in [2.75, 3.05) is 11.3 Å². The van der Waals surface area contributed by atoms with Gasteiger partial charge in [0.05, 0.1) is 6.21 Å². The molecule has 3 aromatic rings. The van der Waals surface area contributed by atoms with Crippen molar-refractivity contribution in [2.45, 2.75) is 10.9 Å².